The number of rotatable bonds is 10. The molecule has 0 spiro atoms. The number of anilines is 2. The molecule has 5 rings (SSSR count). The molecule has 0 bridgehead atoms. The SMILES string of the molecule is N#CCCN(C(=O)Cc1cnc(NC[C@H]2CC[C@H](Nc3ccc4ccnc(Cl)c4n3)CC2)nc1)C1COC1. The minimum absolute atomic E-state index is 0.0260. The number of hydrogen-bond acceptors (Lipinski definition) is 9. The Kier molecular flexibility index (Phi) is 8.46. The second-order valence-electron chi connectivity index (χ2n) is 9.89. The second kappa shape index (κ2) is 12.3. The van der Waals surface area contributed by atoms with Gasteiger partial charge in [-0.15, -0.1) is 0 Å². The highest BCUT2D eigenvalue weighted by Crippen LogP contribution is 2.28. The van der Waals surface area contributed by atoms with Gasteiger partial charge in [0.05, 0.1) is 38.2 Å². The third-order valence-corrected chi connectivity index (χ3v) is 7.49. The monoisotopic (exact) mass is 534 g/mol. The van der Waals surface area contributed by atoms with E-state index in [0.29, 0.717) is 49.2 Å². The molecular formula is C27H31ClN8O2. The number of amides is 1. The molecule has 1 saturated carbocycles. The summed E-state index contributed by atoms with van der Waals surface area (Å²) in [5.41, 5.74) is 1.48. The number of nitrogens with one attached hydrogen (secondary N) is 2. The molecule has 0 unspecified atom stereocenters. The number of hydrogen-bond donors (Lipinski definition) is 2. The number of nitrogens with zero attached hydrogens (tertiary/aromatic N) is 6. The van der Waals surface area contributed by atoms with Gasteiger partial charge in [-0.3, -0.25) is 4.79 Å². The lowest BCUT2D eigenvalue weighted by Crippen LogP contribution is -2.52. The van der Waals surface area contributed by atoms with Crippen LogP contribution in [0.2, 0.25) is 5.15 Å². The lowest BCUT2D eigenvalue weighted by atomic mass is 9.86. The van der Waals surface area contributed by atoms with Crippen LogP contribution in [-0.4, -0.2) is 69.1 Å². The fourth-order valence-electron chi connectivity index (χ4n) is 4.95. The number of carbonyl (C=O) groups is 1. The highest BCUT2D eigenvalue weighted by atomic mass is 35.5. The third-order valence-electron chi connectivity index (χ3n) is 7.22. The molecule has 11 heteroatoms. The lowest BCUT2D eigenvalue weighted by molar-refractivity contribution is -0.143. The van der Waals surface area contributed by atoms with Gasteiger partial charge in [-0.25, -0.2) is 19.9 Å². The molecule has 1 amide bonds. The van der Waals surface area contributed by atoms with Crippen LogP contribution in [0.5, 0.6) is 0 Å². The Morgan fingerprint density at radius 3 is 2.63 bits per heavy atom. The molecular weight excluding hydrogens is 504 g/mol. The zero-order chi connectivity index (χ0) is 26.3. The maximum Gasteiger partial charge on any atom is 0.227 e. The summed E-state index contributed by atoms with van der Waals surface area (Å²) < 4.78 is 5.22. The van der Waals surface area contributed by atoms with E-state index >= 15 is 0 Å². The fraction of sp³-hybridized carbons (Fsp3) is 0.481. The molecule has 1 saturated heterocycles. The Balaban J connectivity index is 1.06. The number of nitriles is 1. The molecule has 10 nitrogen and oxygen atoms in total. The molecule has 2 fully saturated rings. The van der Waals surface area contributed by atoms with Crippen LogP contribution in [0.15, 0.2) is 36.8 Å². The van der Waals surface area contributed by atoms with Crippen LogP contribution < -0.4 is 10.6 Å². The molecule has 3 aromatic heterocycles. The Bertz CT molecular complexity index is 1290. The predicted octanol–water partition coefficient (Wildman–Crippen LogP) is 3.84. The molecule has 2 aliphatic rings. The molecule has 1 aliphatic heterocycles. The summed E-state index contributed by atoms with van der Waals surface area (Å²) in [5.74, 6) is 1.91. The van der Waals surface area contributed by atoms with E-state index in [9.17, 15) is 4.79 Å². The lowest BCUT2D eigenvalue weighted by Gasteiger charge is -2.37. The Labute approximate surface area is 226 Å². The van der Waals surface area contributed by atoms with Crippen molar-refractivity contribution in [3.63, 3.8) is 0 Å². The predicted molar refractivity (Wildman–Crippen MR) is 145 cm³/mol. The number of pyridine rings is 2. The first-order chi connectivity index (χ1) is 18.6. The summed E-state index contributed by atoms with van der Waals surface area (Å²) in [6.45, 7) is 2.29. The van der Waals surface area contributed by atoms with Crippen molar-refractivity contribution in [2.24, 2.45) is 5.92 Å². The molecule has 198 valence electrons. The van der Waals surface area contributed by atoms with Crippen molar-refractivity contribution in [3.05, 3.63) is 47.5 Å². The van der Waals surface area contributed by atoms with E-state index in [4.69, 9.17) is 21.6 Å². The number of carbonyl (C=O) groups excluding carboxylic acids is 1. The van der Waals surface area contributed by atoms with E-state index in [1.165, 1.54) is 0 Å². The standard InChI is InChI=1S/C27H31ClN8O2/c28-26-25-20(8-10-30-26)4-7-23(35-25)34-21-5-2-18(3-6-21)13-31-27-32-14-19(15-33-27)12-24(37)36(11-1-9-29)22-16-38-17-22/h4,7-8,10,14-15,18,21-22H,1-3,5-6,11-13,16-17H2,(H,34,35)(H,31,32,33)/t18-,21-. The highest BCUT2D eigenvalue weighted by molar-refractivity contribution is 6.33. The Hall–Kier alpha value is -3.55. The average molecular weight is 535 g/mol. The average Bonchev–Trinajstić information content (AvgIpc) is 2.91. The van der Waals surface area contributed by atoms with Crippen molar-refractivity contribution >= 4 is 40.2 Å². The van der Waals surface area contributed by atoms with Gasteiger partial charge in [0.2, 0.25) is 11.9 Å². The van der Waals surface area contributed by atoms with Crippen LogP contribution in [0, 0.1) is 17.2 Å². The molecule has 3 aromatic rings. The summed E-state index contributed by atoms with van der Waals surface area (Å²) in [6.07, 6.45) is 9.92. The van der Waals surface area contributed by atoms with E-state index in [-0.39, 0.29) is 18.4 Å². The van der Waals surface area contributed by atoms with E-state index < -0.39 is 0 Å². The summed E-state index contributed by atoms with van der Waals surface area (Å²) in [6, 6.07) is 8.46. The summed E-state index contributed by atoms with van der Waals surface area (Å²) in [5, 5.41) is 17.2. The Morgan fingerprint density at radius 2 is 1.92 bits per heavy atom. The van der Waals surface area contributed by atoms with Crippen molar-refractivity contribution in [2.75, 3.05) is 36.9 Å². The van der Waals surface area contributed by atoms with Gasteiger partial charge in [0.25, 0.3) is 0 Å². The van der Waals surface area contributed by atoms with Crippen molar-refractivity contribution < 1.29 is 9.53 Å². The zero-order valence-electron chi connectivity index (χ0n) is 21.1. The van der Waals surface area contributed by atoms with E-state index in [1.54, 1.807) is 23.5 Å². The first-order valence-electron chi connectivity index (χ1n) is 13.1. The first-order valence-corrected chi connectivity index (χ1v) is 13.4. The summed E-state index contributed by atoms with van der Waals surface area (Å²) in [7, 11) is 0. The number of aromatic nitrogens is 4. The highest BCUT2D eigenvalue weighted by Gasteiger charge is 2.29. The topological polar surface area (TPSA) is 129 Å². The largest absolute Gasteiger partial charge is 0.377 e. The van der Waals surface area contributed by atoms with Crippen LogP contribution in [0.1, 0.15) is 37.7 Å². The van der Waals surface area contributed by atoms with Gasteiger partial charge in [0.1, 0.15) is 11.3 Å². The molecule has 4 heterocycles. The van der Waals surface area contributed by atoms with Gasteiger partial charge in [0.15, 0.2) is 5.15 Å². The van der Waals surface area contributed by atoms with Gasteiger partial charge in [-0.1, -0.05) is 11.6 Å². The minimum atomic E-state index is -0.0260. The van der Waals surface area contributed by atoms with Crippen molar-refractivity contribution in [3.8, 4) is 6.07 Å². The van der Waals surface area contributed by atoms with Crippen LogP contribution in [0.3, 0.4) is 0 Å². The first kappa shape index (κ1) is 26.1. The van der Waals surface area contributed by atoms with Crippen LogP contribution in [-0.2, 0) is 16.0 Å². The van der Waals surface area contributed by atoms with Gasteiger partial charge in [-0.2, -0.15) is 5.26 Å². The molecule has 0 atom stereocenters. The van der Waals surface area contributed by atoms with Crippen LogP contribution in [0.4, 0.5) is 11.8 Å². The van der Waals surface area contributed by atoms with Crippen LogP contribution >= 0.6 is 11.6 Å². The third kappa shape index (κ3) is 6.47. The molecule has 0 aromatic carbocycles. The maximum atomic E-state index is 12.8. The molecule has 38 heavy (non-hydrogen) atoms. The fourth-order valence-corrected chi connectivity index (χ4v) is 5.16. The second-order valence-corrected chi connectivity index (χ2v) is 10.2. The van der Waals surface area contributed by atoms with Crippen molar-refractivity contribution in [1.82, 2.24) is 24.8 Å². The van der Waals surface area contributed by atoms with Crippen molar-refractivity contribution in [2.45, 2.75) is 50.6 Å². The number of halogens is 1. The summed E-state index contributed by atoms with van der Waals surface area (Å²) >= 11 is 6.21. The van der Waals surface area contributed by atoms with Gasteiger partial charge >= 0.3 is 0 Å². The van der Waals surface area contributed by atoms with Gasteiger partial charge < -0.3 is 20.3 Å². The quantitative estimate of drug-likeness (QED) is 0.372. The van der Waals surface area contributed by atoms with Crippen molar-refractivity contribution in [1.29, 1.82) is 5.26 Å². The summed E-state index contributed by atoms with van der Waals surface area (Å²) in [4.78, 5) is 32.1. The number of ether oxygens (including phenoxy) is 1. The normalized spacial score (nSPS) is 19.4. The van der Waals surface area contributed by atoms with Gasteiger partial charge in [0, 0.05) is 43.1 Å². The van der Waals surface area contributed by atoms with E-state index in [1.807, 2.05) is 18.2 Å². The molecule has 1 aliphatic carbocycles. The van der Waals surface area contributed by atoms with Gasteiger partial charge in [-0.05, 0) is 55.4 Å². The van der Waals surface area contributed by atoms with Crippen LogP contribution in [0.25, 0.3) is 10.9 Å². The van der Waals surface area contributed by atoms with E-state index in [2.05, 4.69) is 36.6 Å². The Morgan fingerprint density at radius 1 is 1.13 bits per heavy atom. The minimum Gasteiger partial charge on any atom is -0.377 e. The van der Waals surface area contributed by atoms with E-state index in [0.717, 1.165) is 54.5 Å². The molecule has 2 N–H and O–H groups in total. The molecule has 0 radical (unpaired) electrons. The number of fused-ring (bicyclic) bond motifs is 1. The maximum absolute atomic E-state index is 12.8. The zero-order valence-corrected chi connectivity index (χ0v) is 21.9. The smallest absolute Gasteiger partial charge is 0.227 e.